The number of nitrogens with one attached hydrogen (secondary N) is 1. The smallest absolute Gasteiger partial charge is 0.242 e. The molecule has 5 heteroatoms. The van der Waals surface area contributed by atoms with Crippen molar-refractivity contribution in [3.8, 4) is 0 Å². The minimum atomic E-state index is 0.0571. The van der Waals surface area contributed by atoms with Crippen LogP contribution in [0.4, 0.5) is 11.5 Å². The summed E-state index contributed by atoms with van der Waals surface area (Å²) >= 11 is 0. The number of piperazine rings is 1. The molecule has 0 radical (unpaired) electrons. The summed E-state index contributed by atoms with van der Waals surface area (Å²) in [5, 5.41) is 3.02. The molecule has 0 saturated carbocycles. The van der Waals surface area contributed by atoms with E-state index in [0.717, 1.165) is 17.9 Å². The van der Waals surface area contributed by atoms with Gasteiger partial charge in [-0.25, -0.2) is 4.98 Å². The maximum Gasteiger partial charge on any atom is 0.242 e. The molecule has 1 aromatic rings. The van der Waals surface area contributed by atoms with E-state index in [1.54, 1.807) is 11.1 Å². The predicted molar refractivity (Wildman–Crippen MR) is 58.6 cm³/mol. The molecule has 1 fully saturated rings. The van der Waals surface area contributed by atoms with E-state index < -0.39 is 0 Å². The van der Waals surface area contributed by atoms with Gasteiger partial charge in [-0.2, -0.15) is 0 Å². The molecule has 0 bridgehead atoms. The molecule has 80 valence electrons. The third-order valence-corrected chi connectivity index (χ3v) is 2.42. The summed E-state index contributed by atoms with van der Waals surface area (Å²) in [6.07, 6.45) is 1.58. The van der Waals surface area contributed by atoms with E-state index >= 15 is 0 Å². The van der Waals surface area contributed by atoms with Gasteiger partial charge < -0.3 is 11.1 Å². The molecule has 5 nitrogen and oxygen atoms in total. The fourth-order valence-electron chi connectivity index (χ4n) is 1.70. The maximum absolute atomic E-state index is 11.6. The van der Waals surface area contributed by atoms with E-state index in [-0.39, 0.29) is 5.91 Å². The second-order valence-electron chi connectivity index (χ2n) is 3.63. The van der Waals surface area contributed by atoms with E-state index in [9.17, 15) is 4.79 Å². The Morgan fingerprint density at radius 3 is 3.07 bits per heavy atom. The van der Waals surface area contributed by atoms with Crippen molar-refractivity contribution in [3.05, 3.63) is 17.8 Å². The number of aryl methyl sites for hydroxylation is 1. The van der Waals surface area contributed by atoms with E-state index in [0.29, 0.717) is 18.8 Å². The van der Waals surface area contributed by atoms with Crippen LogP contribution in [-0.2, 0) is 4.79 Å². The number of pyridine rings is 1. The number of carbonyl (C=O) groups is 1. The molecule has 0 aromatic carbocycles. The van der Waals surface area contributed by atoms with Gasteiger partial charge in [0.05, 0.1) is 18.4 Å². The summed E-state index contributed by atoms with van der Waals surface area (Å²) in [6, 6.07) is 1.83. The first-order chi connectivity index (χ1) is 7.18. The number of nitrogens with two attached hydrogens (primary N) is 1. The van der Waals surface area contributed by atoms with Crippen LogP contribution in [0.5, 0.6) is 0 Å². The Balaban J connectivity index is 2.31. The third-order valence-electron chi connectivity index (χ3n) is 2.42. The lowest BCUT2D eigenvalue weighted by Gasteiger charge is -2.27. The SMILES string of the molecule is Cc1cc(N)cnc1N1CCNCC1=O. The summed E-state index contributed by atoms with van der Waals surface area (Å²) in [5.41, 5.74) is 7.17. The van der Waals surface area contributed by atoms with Crippen molar-refractivity contribution in [1.82, 2.24) is 10.3 Å². The maximum atomic E-state index is 11.6. The molecule has 1 amide bonds. The number of nitrogens with zero attached hydrogens (tertiary/aromatic N) is 2. The highest BCUT2D eigenvalue weighted by Crippen LogP contribution is 2.19. The fourth-order valence-corrected chi connectivity index (χ4v) is 1.70. The fraction of sp³-hybridized carbons (Fsp3) is 0.400. The molecular formula is C10H14N4O. The first-order valence-corrected chi connectivity index (χ1v) is 4.91. The van der Waals surface area contributed by atoms with Gasteiger partial charge in [-0.1, -0.05) is 0 Å². The van der Waals surface area contributed by atoms with Gasteiger partial charge in [-0.05, 0) is 18.6 Å². The molecule has 3 N–H and O–H groups in total. The zero-order chi connectivity index (χ0) is 10.8. The molecule has 2 heterocycles. The average molecular weight is 206 g/mol. The lowest BCUT2D eigenvalue weighted by atomic mass is 10.2. The molecule has 1 aliphatic rings. The van der Waals surface area contributed by atoms with Crippen molar-refractivity contribution in [2.24, 2.45) is 0 Å². The minimum absolute atomic E-state index is 0.0571. The molecular weight excluding hydrogens is 192 g/mol. The molecule has 1 aliphatic heterocycles. The number of hydrogen-bond donors (Lipinski definition) is 2. The summed E-state index contributed by atoms with van der Waals surface area (Å²) in [7, 11) is 0. The van der Waals surface area contributed by atoms with Gasteiger partial charge in [0, 0.05) is 13.1 Å². The van der Waals surface area contributed by atoms with Gasteiger partial charge in [0.25, 0.3) is 0 Å². The number of amides is 1. The third kappa shape index (κ3) is 1.92. The van der Waals surface area contributed by atoms with Gasteiger partial charge >= 0.3 is 0 Å². The predicted octanol–water partition coefficient (Wildman–Crippen LogP) is -0.0916. The van der Waals surface area contributed by atoms with Crippen LogP contribution in [-0.4, -0.2) is 30.5 Å². The molecule has 0 aliphatic carbocycles. The molecule has 1 saturated heterocycles. The number of hydrogen-bond acceptors (Lipinski definition) is 4. The highest BCUT2D eigenvalue weighted by Gasteiger charge is 2.21. The standard InChI is InChI=1S/C10H14N4O/c1-7-4-8(11)5-13-10(7)14-3-2-12-6-9(14)15/h4-5,12H,2-3,6,11H2,1H3. The van der Waals surface area contributed by atoms with E-state index in [4.69, 9.17) is 5.73 Å². The van der Waals surface area contributed by atoms with Crippen molar-refractivity contribution in [2.45, 2.75) is 6.92 Å². The van der Waals surface area contributed by atoms with Crippen LogP contribution in [0.2, 0.25) is 0 Å². The van der Waals surface area contributed by atoms with Crippen LogP contribution in [0.25, 0.3) is 0 Å². The first-order valence-electron chi connectivity index (χ1n) is 4.91. The Morgan fingerprint density at radius 2 is 2.40 bits per heavy atom. The summed E-state index contributed by atoms with van der Waals surface area (Å²) in [6.45, 7) is 3.76. The minimum Gasteiger partial charge on any atom is -0.397 e. The zero-order valence-electron chi connectivity index (χ0n) is 8.66. The van der Waals surface area contributed by atoms with E-state index in [2.05, 4.69) is 10.3 Å². The summed E-state index contributed by atoms with van der Waals surface area (Å²) in [4.78, 5) is 17.5. The van der Waals surface area contributed by atoms with Crippen LogP contribution in [0.3, 0.4) is 0 Å². The van der Waals surface area contributed by atoms with Crippen LogP contribution >= 0.6 is 0 Å². The Labute approximate surface area is 88.3 Å². The van der Waals surface area contributed by atoms with E-state index in [1.807, 2.05) is 13.0 Å². The number of rotatable bonds is 1. The number of nitrogen functional groups attached to an aromatic ring is 1. The van der Waals surface area contributed by atoms with Gasteiger partial charge in [0.1, 0.15) is 5.82 Å². The number of anilines is 2. The normalized spacial score (nSPS) is 16.9. The van der Waals surface area contributed by atoms with Crippen molar-refractivity contribution in [1.29, 1.82) is 0 Å². The highest BCUT2D eigenvalue weighted by atomic mass is 16.2. The van der Waals surface area contributed by atoms with Crippen LogP contribution < -0.4 is 16.0 Å². The van der Waals surface area contributed by atoms with Gasteiger partial charge in [0.15, 0.2) is 0 Å². The van der Waals surface area contributed by atoms with Gasteiger partial charge in [-0.15, -0.1) is 0 Å². The molecule has 0 spiro atoms. The lowest BCUT2D eigenvalue weighted by molar-refractivity contribution is -0.118. The largest absolute Gasteiger partial charge is 0.397 e. The number of carbonyl (C=O) groups excluding carboxylic acids is 1. The summed E-state index contributed by atoms with van der Waals surface area (Å²) in [5.74, 6) is 0.775. The van der Waals surface area contributed by atoms with Crippen LogP contribution in [0, 0.1) is 6.92 Å². The second-order valence-corrected chi connectivity index (χ2v) is 3.63. The van der Waals surface area contributed by atoms with Crippen LogP contribution in [0.1, 0.15) is 5.56 Å². The van der Waals surface area contributed by atoms with Crippen LogP contribution in [0.15, 0.2) is 12.3 Å². The zero-order valence-corrected chi connectivity index (χ0v) is 8.66. The van der Waals surface area contributed by atoms with Gasteiger partial charge in [-0.3, -0.25) is 9.69 Å². The van der Waals surface area contributed by atoms with E-state index in [1.165, 1.54) is 0 Å². The number of aromatic nitrogens is 1. The summed E-state index contributed by atoms with van der Waals surface area (Å²) < 4.78 is 0. The molecule has 0 unspecified atom stereocenters. The second kappa shape index (κ2) is 3.86. The Hall–Kier alpha value is -1.62. The lowest BCUT2D eigenvalue weighted by Crippen LogP contribution is -2.48. The van der Waals surface area contributed by atoms with Crippen molar-refractivity contribution >= 4 is 17.4 Å². The highest BCUT2D eigenvalue weighted by molar-refractivity contribution is 5.95. The Bertz CT molecular complexity index is 391. The molecule has 15 heavy (non-hydrogen) atoms. The average Bonchev–Trinajstić information content (AvgIpc) is 2.20. The van der Waals surface area contributed by atoms with Crippen molar-refractivity contribution < 1.29 is 4.79 Å². The molecule has 2 rings (SSSR count). The quantitative estimate of drug-likeness (QED) is 0.673. The van der Waals surface area contributed by atoms with Crippen molar-refractivity contribution in [2.75, 3.05) is 30.3 Å². The topological polar surface area (TPSA) is 71.2 Å². The molecule has 1 aromatic heterocycles. The first kappa shape index (κ1) is 9.92. The Kier molecular flexibility index (Phi) is 2.55. The molecule has 0 atom stereocenters. The van der Waals surface area contributed by atoms with Gasteiger partial charge in [0.2, 0.25) is 5.91 Å². The Morgan fingerprint density at radius 1 is 1.60 bits per heavy atom. The van der Waals surface area contributed by atoms with Crippen molar-refractivity contribution in [3.63, 3.8) is 0 Å². The monoisotopic (exact) mass is 206 g/mol.